The van der Waals surface area contributed by atoms with Gasteiger partial charge in [-0.1, -0.05) is 53.4 Å². The minimum Gasteiger partial charge on any atom is -0.393 e. The largest absolute Gasteiger partial charge is 0.393 e. The maximum atomic E-state index is 10.6. The van der Waals surface area contributed by atoms with Gasteiger partial charge >= 0.3 is 0 Å². The van der Waals surface area contributed by atoms with Crippen LogP contribution in [-0.2, 0) is 9.47 Å². The van der Waals surface area contributed by atoms with Gasteiger partial charge in [0, 0.05) is 13.0 Å². The molecule has 0 aromatic carbocycles. The van der Waals surface area contributed by atoms with Crippen molar-refractivity contribution >= 4 is 0 Å². The summed E-state index contributed by atoms with van der Waals surface area (Å²) in [4.78, 5) is 0. The molecular weight excluding hydrogens is 288 g/mol. The van der Waals surface area contributed by atoms with Crippen LogP contribution >= 0.6 is 0 Å². The van der Waals surface area contributed by atoms with Gasteiger partial charge in [0.2, 0.25) is 0 Å². The van der Waals surface area contributed by atoms with Gasteiger partial charge in [0.25, 0.3) is 0 Å². The summed E-state index contributed by atoms with van der Waals surface area (Å²) >= 11 is 0. The Bertz CT molecular complexity index is 357. The van der Waals surface area contributed by atoms with Crippen molar-refractivity contribution in [3.8, 4) is 0 Å². The van der Waals surface area contributed by atoms with Crippen LogP contribution in [0.5, 0.6) is 0 Å². The third-order valence-corrected chi connectivity index (χ3v) is 6.65. The lowest BCUT2D eigenvalue weighted by molar-refractivity contribution is -0.125. The standard InChI is InChI=1S/C20H38O3/c1-14(2)8-6-9-15(3)16-12-18(23-13-22-5)19-17(21)10-7-11-20(16,19)4/h14-19,21H,6-13H2,1-5H3/t15-,16-,17-,18+,19-,20-/m1/s1. The number of hydrogen-bond acceptors (Lipinski definition) is 3. The van der Waals surface area contributed by atoms with Crippen molar-refractivity contribution in [3.63, 3.8) is 0 Å². The molecule has 0 aromatic rings. The van der Waals surface area contributed by atoms with Gasteiger partial charge < -0.3 is 14.6 Å². The molecule has 0 saturated heterocycles. The summed E-state index contributed by atoms with van der Waals surface area (Å²) < 4.78 is 11.1. The highest BCUT2D eigenvalue weighted by Gasteiger charge is 2.57. The van der Waals surface area contributed by atoms with Gasteiger partial charge in [0.05, 0.1) is 12.2 Å². The van der Waals surface area contributed by atoms with E-state index in [1.165, 1.54) is 25.7 Å². The van der Waals surface area contributed by atoms with Crippen LogP contribution in [0.3, 0.4) is 0 Å². The van der Waals surface area contributed by atoms with Gasteiger partial charge in [-0.05, 0) is 42.4 Å². The van der Waals surface area contributed by atoms with Gasteiger partial charge in [0.15, 0.2) is 0 Å². The molecule has 0 aromatic heterocycles. The molecular formula is C20H38O3. The summed E-state index contributed by atoms with van der Waals surface area (Å²) in [6.45, 7) is 9.80. The van der Waals surface area contributed by atoms with Crippen molar-refractivity contribution in [2.75, 3.05) is 13.9 Å². The van der Waals surface area contributed by atoms with E-state index in [1.807, 2.05) is 0 Å². The van der Waals surface area contributed by atoms with Crippen LogP contribution in [0, 0.1) is 29.1 Å². The molecule has 2 fully saturated rings. The maximum absolute atomic E-state index is 10.6. The highest BCUT2D eigenvalue weighted by molar-refractivity contribution is 5.06. The van der Waals surface area contributed by atoms with Crippen molar-refractivity contribution < 1.29 is 14.6 Å². The quantitative estimate of drug-likeness (QED) is 0.661. The van der Waals surface area contributed by atoms with E-state index < -0.39 is 0 Å². The van der Waals surface area contributed by atoms with E-state index >= 15 is 0 Å². The Labute approximate surface area is 143 Å². The van der Waals surface area contributed by atoms with Crippen LogP contribution in [0.1, 0.15) is 72.6 Å². The fourth-order valence-electron chi connectivity index (χ4n) is 5.51. The van der Waals surface area contributed by atoms with Crippen LogP contribution in [-0.4, -0.2) is 31.2 Å². The van der Waals surface area contributed by atoms with E-state index in [2.05, 4.69) is 27.7 Å². The summed E-state index contributed by atoms with van der Waals surface area (Å²) in [6.07, 6.45) is 8.31. The highest BCUT2D eigenvalue weighted by atomic mass is 16.7. The van der Waals surface area contributed by atoms with Crippen LogP contribution in [0.25, 0.3) is 0 Å². The molecule has 3 nitrogen and oxygen atoms in total. The van der Waals surface area contributed by atoms with Crippen LogP contribution in [0.2, 0.25) is 0 Å². The normalized spacial score (nSPS) is 38.7. The number of fused-ring (bicyclic) bond motifs is 1. The first kappa shape index (κ1) is 19.2. The first-order chi connectivity index (χ1) is 10.9. The minimum absolute atomic E-state index is 0.160. The zero-order valence-electron chi connectivity index (χ0n) is 15.9. The second-order valence-electron chi connectivity index (χ2n) is 8.75. The maximum Gasteiger partial charge on any atom is 0.146 e. The lowest BCUT2D eigenvalue weighted by atomic mass is 9.61. The molecule has 0 amide bonds. The predicted octanol–water partition coefficient (Wildman–Crippen LogP) is 4.63. The smallest absolute Gasteiger partial charge is 0.146 e. The SMILES string of the molecule is COCO[C@H]1C[C@H]([C@H](C)CCCC(C)C)[C@@]2(C)CCC[C@@H](O)[C@H]12. The third kappa shape index (κ3) is 4.29. The van der Waals surface area contributed by atoms with E-state index in [1.54, 1.807) is 7.11 Å². The van der Waals surface area contributed by atoms with Crippen LogP contribution in [0.15, 0.2) is 0 Å². The summed E-state index contributed by atoms with van der Waals surface area (Å²) in [5.74, 6) is 2.45. The van der Waals surface area contributed by atoms with E-state index in [0.717, 1.165) is 25.2 Å². The molecule has 0 heterocycles. The predicted molar refractivity (Wildman–Crippen MR) is 94.2 cm³/mol. The van der Waals surface area contributed by atoms with Gasteiger partial charge in [-0.2, -0.15) is 0 Å². The van der Waals surface area contributed by atoms with Crippen LogP contribution < -0.4 is 0 Å². The van der Waals surface area contributed by atoms with Gasteiger partial charge in [-0.15, -0.1) is 0 Å². The second kappa shape index (κ2) is 8.31. The Balaban J connectivity index is 2.06. The number of rotatable bonds is 8. The molecule has 3 heteroatoms. The van der Waals surface area contributed by atoms with Crippen LogP contribution in [0.4, 0.5) is 0 Å². The first-order valence-corrected chi connectivity index (χ1v) is 9.68. The van der Waals surface area contributed by atoms with Gasteiger partial charge in [-0.3, -0.25) is 0 Å². The summed E-state index contributed by atoms with van der Waals surface area (Å²) in [7, 11) is 1.68. The Morgan fingerprint density at radius 1 is 1.22 bits per heavy atom. The third-order valence-electron chi connectivity index (χ3n) is 6.65. The zero-order chi connectivity index (χ0) is 17.0. The number of aliphatic hydroxyl groups is 1. The van der Waals surface area contributed by atoms with E-state index in [0.29, 0.717) is 18.6 Å². The molecule has 2 rings (SSSR count). The Hall–Kier alpha value is -0.120. The summed E-state index contributed by atoms with van der Waals surface area (Å²) in [5, 5.41) is 10.6. The lowest BCUT2D eigenvalue weighted by Crippen LogP contribution is -2.44. The Kier molecular flexibility index (Phi) is 6.94. The van der Waals surface area contributed by atoms with E-state index in [4.69, 9.17) is 9.47 Å². The van der Waals surface area contributed by atoms with Crippen molar-refractivity contribution in [1.82, 2.24) is 0 Å². The van der Waals surface area contributed by atoms with E-state index in [-0.39, 0.29) is 23.5 Å². The Morgan fingerprint density at radius 2 is 1.96 bits per heavy atom. The van der Waals surface area contributed by atoms with Crippen molar-refractivity contribution in [3.05, 3.63) is 0 Å². The second-order valence-corrected chi connectivity index (χ2v) is 8.75. The average Bonchev–Trinajstić information content (AvgIpc) is 2.78. The minimum atomic E-state index is -0.205. The number of hydrogen-bond donors (Lipinski definition) is 1. The molecule has 0 spiro atoms. The number of methoxy groups -OCH3 is 1. The molecule has 136 valence electrons. The summed E-state index contributed by atoms with van der Waals surface area (Å²) in [6, 6.07) is 0. The van der Waals surface area contributed by atoms with Crippen molar-refractivity contribution in [2.45, 2.75) is 84.8 Å². The van der Waals surface area contributed by atoms with Gasteiger partial charge in [0.1, 0.15) is 6.79 Å². The molecule has 1 N–H and O–H groups in total. The molecule has 2 aliphatic carbocycles. The van der Waals surface area contributed by atoms with E-state index in [9.17, 15) is 5.11 Å². The monoisotopic (exact) mass is 326 g/mol. The molecule has 0 unspecified atom stereocenters. The Morgan fingerprint density at radius 3 is 2.61 bits per heavy atom. The molecule has 23 heavy (non-hydrogen) atoms. The molecule has 2 saturated carbocycles. The molecule has 2 aliphatic rings. The average molecular weight is 327 g/mol. The summed E-state index contributed by atoms with van der Waals surface area (Å²) in [5.41, 5.74) is 0.229. The molecule has 0 radical (unpaired) electrons. The number of aliphatic hydroxyl groups excluding tert-OH is 1. The first-order valence-electron chi connectivity index (χ1n) is 9.68. The fourth-order valence-corrected chi connectivity index (χ4v) is 5.51. The zero-order valence-corrected chi connectivity index (χ0v) is 15.9. The molecule has 6 atom stereocenters. The lowest BCUT2D eigenvalue weighted by Gasteiger charge is -2.45. The fraction of sp³-hybridized carbons (Fsp3) is 1.00. The van der Waals surface area contributed by atoms with Gasteiger partial charge in [-0.25, -0.2) is 0 Å². The topological polar surface area (TPSA) is 38.7 Å². The molecule has 0 bridgehead atoms. The molecule has 0 aliphatic heterocycles. The number of ether oxygens (including phenoxy) is 2. The van der Waals surface area contributed by atoms with Crippen molar-refractivity contribution in [2.24, 2.45) is 29.1 Å². The highest BCUT2D eigenvalue weighted by Crippen LogP contribution is 2.59. The van der Waals surface area contributed by atoms with Crippen molar-refractivity contribution in [1.29, 1.82) is 0 Å².